The van der Waals surface area contributed by atoms with Gasteiger partial charge in [0.2, 0.25) is 5.83 Å². The molecule has 0 spiro atoms. The van der Waals surface area contributed by atoms with Crippen LogP contribution >= 0.6 is 15.9 Å². The van der Waals surface area contributed by atoms with Crippen LogP contribution in [0.1, 0.15) is 12.5 Å². The number of hydrogen-bond acceptors (Lipinski definition) is 1. The Morgan fingerprint density at radius 3 is 2.53 bits per heavy atom. The number of carboxylic acid groups (broad SMARTS) is 1. The standard InChI is InChI=1S/C10H7BrF2O2/c1-5(9(13)10(14)15)7-3-2-6(12)4-8(7)11/h2-4H,1H3,(H,14,15)/b9-5-. The first-order chi connectivity index (χ1) is 6.93. The third kappa shape index (κ3) is 2.62. The van der Waals surface area contributed by atoms with E-state index in [1.54, 1.807) is 0 Å². The maximum Gasteiger partial charge on any atom is 0.365 e. The highest BCUT2D eigenvalue weighted by Gasteiger charge is 2.14. The lowest BCUT2D eigenvalue weighted by atomic mass is 10.1. The van der Waals surface area contributed by atoms with Crippen molar-refractivity contribution >= 4 is 27.5 Å². The Morgan fingerprint density at radius 2 is 2.07 bits per heavy atom. The monoisotopic (exact) mass is 276 g/mol. The van der Waals surface area contributed by atoms with Crippen molar-refractivity contribution in [3.05, 3.63) is 39.9 Å². The number of halogens is 3. The normalized spacial score (nSPS) is 12.3. The molecule has 0 saturated heterocycles. The van der Waals surface area contributed by atoms with E-state index in [0.29, 0.717) is 10.0 Å². The summed E-state index contributed by atoms with van der Waals surface area (Å²) < 4.78 is 26.1. The van der Waals surface area contributed by atoms with Crippen LogP contribution < -0.4 is 0 Å². The zero-order valence-corrected chi connectivity index (χ0v) is 9.31. The minimum Gasteiger partial charge on any atom is -0.476 e. The van der Waals surface area contributed by atoms with E-state index in [9.17, 15) is 13.6 Å². The maximum absolute atomic E-state index is 13.1. The molecule has 0 aliphatic carbocycles. The fraction of sp³-hybridized carbons (Fsp3) is 0.100. The molecule has 80 valence electrons. The first-order valence-corrected chi connectivity index (χ1v) is 4.78. The summed E-state index contributed by atoms with van der Waals surface area (Å²) in [6.07, 6.45) is 0. The lowest BCUT2D eigenvalue weighted by Crippen LogP contribution is -1.98. The van der Waals surface area contributed by atoms with Gasteiger partial charge in [-0.25, -0.2) is 9.18 Å². The number of benzene rings is 1. The summed E-state index contributed by atoms with van der Waals surface area (Å²) in [6, 6.07) is 3.60. The SMILES string of the molecule is C/C(=C(/F)C(=O)O)c1ccc(F)cc1Br. The largest absolute Gasteiger partial charge is 0.476 e. The summed E-state index contributed by atoms with van der Waals surface area (Å²) in [5.74, 6) is -3.36. The van der Waals surface area contributed by atoms with Crippen molar-refractivity contribution in [3.8, 4) is 0 Å². The van der Waals surface area contributed by atoms with Gasteiger partial charge in [0, 0.05) is 10.0 Å². The van der Waals surface area contributed by atoms with E-state index in [0.717, 1.165) is 12.1 Å². The van der Waals surface area contributed by atoms with Crippen LogP contribution in [-0.4, -0.2) is 11.1 Å². The minimum atomic E-state index is -1.64. The molecule has 0 bridgehead atoms. The molecule has 15 heavy (non-hydrogen) atoms. The second kappa shape index (κ2) is 4.53. The van der Waals surface area contributed by atoms with E-state index < -0.39 is 17.6 Å². The number of carbonyl (C=O) groups is 1. The lowest BCUT2D eigenvalue weighted by Gasteiger charge is -2.04. The van der Waals surface area contributed by atoms with Gasteiger partial charge in [-0.05, 0) is 24.6 Å². The fourth-order valence-corrected chi connectivity index (χ4v) is 1.72. The van der Waals surface area contributed by atoms with Crippen LogP contribution in [0.2, 0.25) is 0 Å². The van der Waals surface area contributed by atoms with Gasteiger partial charge in [-0.15, -0.1) is 0 Å². The van der Waals surface area contributed by atoms with E-state index in [-0.39, 0.29) is 5.57 Å². The Hall–Kier alpha value is -1.23. The highest BCUT2D eigenvalue weighted by molar-refractivity contribution is 9.10. The summed E-state index contributed by atoms with van der Waals surface area (Å²) in [5.41, 5.74) is 0.269. The van der Waals surface area contributed by atoms with E-state index >= 15 is 0 Å². The predicted molar refractivity (Wildman–Crippen MR) is 55.4 cm³/mol. The average molecular weight is 277 g/mol. The molecule has 0 amide bonds. The van der Waals surface area contributed by atoms with Crippen LogP contribution in [-0.2, 0) is 4.79 Å². The van der Waals surface area contributed by atoms with Gasteiger partial charge >= 0.3 is 5.97 Å². The molecule has 5 heteroatoms. The number of aliphatic carboxylic acids is 1. The molecule has 1 rings (SSSR count). The van der Waals surface area contributed by atoms with Gasteiger partial charge in [-0.3, -0.25) is 0 Å². The van der Waals surface area contributed by atoms with Gasteiger partial charge in [0.1, 0.15) is 5.82 Å². The Kier molecular flexibility index (Phi) is 3.57. The maximum atomic E-state index is 13.1. The van der Waals surface area contributed by atoms with E-state index in [4.69, 9.17) is 5.11 Å². The van der Waals surface area contributed by atoms with Crippen LogP contribution in [0.15, 0.2) is 28.5 Å². The topological polar surface area (TPSA) is 37.3 Å². The molecule has 0 atom stereocenters. The molecule has 0 unspecified atom stereocenters. The Labute approximate surface area is 93.4 Å². The fourth-order valence-electron chi connectivity index (χ4n) is 1.07. The van der Waals surface area contributed by atoms with Gasteiger partial charge in [-0.1, -0.05) is 22.0 Å². The summed E-state index contributed by atoms with van der Waals surface area (Å²) in [7, 11) is 0. The molecule has 0 aliphatic heterocycles. The van der Waals surface area contributed by atoms with Crippen molar-refractivity contribution in [2.24, 2.45) is 0 Å². The molecule has 0 fully saturated rings. The summed E-state index contributed by atoms with van der Waals surface area (Å²) >= 11 is 3.03. The lowest BCUT2D eigenvalue weighted by molar-refractivity contribution is -0.134. The Morgan fingerprint density at radius 1 is 1.47 bits per heavy atom. The van der Waals surface area contributed by atoms with E-state index in [1.165, 1.54) is 13.0 Å². The molecule has 1 aromatic rings. The summed E-state index contributed by atoms with van der Waals surface area (Å²) in [6.45, 7) is 1.32. The molecule has 0 radical (unpaired) electrons. The second-order valence-electron chi connectivity index (χ2n) is 2.87. The number of rotatable bonds is 2. The van der Waals surface area contributed by atoms with Crippen LogP contribution in [0.4, 0.5) is 8.78 Å². The van der Waals surface area contributed by atoms with Gasteiger partial charge in [0.15, 0.2) is 0 Å². The summed E-state index contributed by atoms with van der Waals surface area (Å²) in [4.78, 5) is 10.4. The van der Waals surface area contributed by atoms with Crippen LogP contribution in [0.3, 0.4) is 0 Å². The molecule has 1 aromatic carbocycles. The van der Waals surface area contributed by atoms with Crippen molar-refractivity contribution in [3.63, 3.8) is 0 Å². The Balaban J connectivity index is 3.29. The molecule has 0 aliphatic rings. The first-order valence-electron chi connectivity index (χ1n) is 3.98. The van der Waals surface area contributed by atoms with E-state index in [2.05, 4.69) is 15.9 Å². The van der Waals surface area contributed by atoms with Gasteiger partial charge < -0.3 is 5.11 Å². The second-order valence-corrected chi connectivity index (χ2v) is 3.72. The number of allylic oxidation sites excluding steroid dienone is 1. The highest BCUT2D eigenvalue weighted by Crippen LogP contribution is 2.27. The van der Waals surface area contributed by atoms with Gasteiger partial charge in [-0.2, -0.15) is 4.39 Å². The molecule has 2 nitrogen and oxygen atoms in total. The quantitative estimate of drug-likeness (QED) is 0.841. The predicted octanol–water partition coefficient (Wildman–Crippen LogP) is 3.37. The van der Waals surface area contributed by atoms with Gasteiger partial charge in [0.25, 0.3) is 0 Å². The average Bonchev–Trinajstić information content (AvgIpc) is 2.15. The zero-order valence-electron chi connectivity index (χ0n) is 7.72. The third-order valence-corrected chi connectivity index (χ3v) is 2.51. The van der Waals surface area contributed by atoms with Crippen molar-refractivity contribution in [2.45, 2.75) is 6.92 Å². The number of hydrogen-bond donors (Lipinski definition) is 1. The van der Waals surface area contributed by atoms with Crippen molar-refractivity contribution in [1.29, 1.82) is 0 Å². The Bertz CT molecular complexity index is 441. The van der Waals surface area contributed by atoms with E-state index in [1.807, 2.05) is 0 Å². The van der Waals surface area contributed by atoms with Crippen molar-refractivity contribution in [1.82, 2.24) is 0 Å². The minimum absolute atomic E-state index is 0.0469. The molecule has 0 aromatic heterocycles. The zero-order chi connectivity index (χ0) is 11.6. The van der Waals surface area contributed by atoms with Crippen molar-refractivity contribution < 1.29 is 18.7 Å². The molecule has 0 saturated carbocycles. The summed E-state index contributed by atoms with van der Waals surface area (Å²) in [5, 5.41) is 8.44. The smallest absolute Gasteiger partial charge is 0.365 e. The number of carboxylic acids is 1. The molecular formula is C10H7BrF2O2. The van der Waals surface area contributed by atoms with Crippen LogP contribution in [0, 0.1) is 5.82 Å². The van der Waals surface area contributed by atoms with Crippen LogP contribution in [0.25, 0.3) is 5.57 Å². The van der Waals surface area contributed by atoms with Gasteiger partial charge in [0.05, 0.1) is 0 Å². The van der Waals surface area contributed by atoms with Crippen molar-refractivity contribution in [2.75, 3.05) is 0 Å². The molecule has 0 heterocycles. The molecular weight excluding hydrogens is 270 g/mol. The highest BCUT2D eigenvalue weighted by atomic mass is 79.9. The third-order valence-electron chi connectivity index (χ3n) is 1.85. The van der Waals surface area contributed by atoms with Crippen LogP contribution in [0.5, 0.6) is 0 Å². The first kappa shape index (κ1) is 11.8. The molecule has 1 N–H and O–H groups in total.